The van der Waals surface area contributed by atoms with Gasteiger partial charge >= 0.3 is 0 Å². The number of fused-ring (bicyclic) bond motifs is 1. The zero-order valence-corrected chi connectivity index (χ0v) is 22.1. The number of aliphatic imine (C=N–C) groups is 1. The SMILES string of the molecule is CC1=C(C(=O)Nc2ccc(C)cc2C)[C@H](c2ccc(Cl)cc2)N2C(CC(=O)NC(C)C)=CSC2=N1. The van der Waals surface area contributed by atoms with E-state index in [1.165, 1.54) is 11.8 Å². The summed E-state index contributed by atoms with van der Waals surface area (Å²) in [5.41, 5.74) is 5.75. The molecule has 2 aromatic rings. The Morgan fingerprint density at radius 3 is 2.49 bits per heavy atom. The standard InChI is InChI=1S/C27H29ClN4O2S/c1-15(2)29-23(33)13-21-14-35-27-30-18(5)24(25(32(21)27)19-7-9-20(28)10-8-19)26(34)31-22-11-6-16(3)12-17(22)4/h6-12,14-15,25H,13H2,1-5H3,(H,29,33)(H,31,34)/t25-/m0/s1. The van der Waals surface area contributed by atoms with Crippen LogP contribution in [0.15, 0.2) is 69.8 Å². The number of benzene rings is 2. The predicted molar refractivity (Wildman–Crippen MR) is 144 cm³/mol. The van der Waals surface area contributed by atoms with Gasteiger partial charge < -0.3 is 15.5 Å². The third-order valence-corrected chi connectivity index (χ3v) is 6.99. The smallest absolute Gasteiger partial charge is 0.255 e. The lowest BCUT2D eigenvalue weighted by molar-refractivity contribution is -0.121. The molecule has 0 spiro atoms. The minimum absolute atomic E-state index is 0.0416. The summed E-state index contributed by atoms with van der Waals surface area (Å²) in [4.78, 5) is 33.1. The number of nitrogens with one attached hydrogen (secondary N) is 2. The van der Waals surface area contributed by atoms with Gasteiger partial charge in [0.05, 0.1) is 23.7 Å². The maximum Gasteiger partial charge on any atom is 0.255 e. The van der Waals surface area contributed by atoms with Crippen molar-refractivity contribution in [1.29, 1.82) is 0 Å². The molecule has 0 bridgehead atoms. The van der Waals surface area contributed by atoms with Crippen LogP contribution in [0.3, 0.4) is 0 Å². The van der Waals surface area contributed by atoms with E-state index < -0.39 is 6.04 Å². The molecule has 0 aromatic heterocycles. The van der Waals surface area contributed by atoms with E-state index in [9.17, 15) is 9.59 Å². The van der Waals surface area contributed by atoms with Gasteiger partial charge in [-0.3, -0.25) is 9.59 Å². The first kappa shape index (κ1) is 25.1. The van der Waals surface area contributed by atoms with E-state index in [0.717, 1.165) is 33.2 Å². The molecule has 2 aromatic carbocycles. The molecule has 8 heteroatoms. The Bertz CT molecular complexity index is 1260. The number of rotatable bonds is 6. The van der Waals surface area contributed by atoms with Crippen LogP contribution in [0.25, 0.3) is 0 Å². The largest absolute Gasteiger partial charge is 0.354 e. The second kappa shape index (κ2) is 10.3. The Labute approximate surface area is 215 Å². The molecule has 2 heterocycles. The molecule has 182 valence electrons. The van der Waals surface area contributed by atoms with Gasteiger partial charge in [-0.25, -0.2) is 4.99 Å². The zero-order chi connectivity index (χ0) is 25.3. The maximum absolute atomic E-state index is 13.7. The van der Waals surface area contributed by atoms with E-state index >= 15 is 0 Å². The molecule has 0 aliphatic carbocycles. The number of amidine groups is 1. The average molecular weight is 509 g/mol. The number of carbonyl (C=O) groups excluding carboxylic acids is 2. The third-order valence-electron chi connectivity index (χ3n) is 5.85. The van der Waals surface area contributed by atoms with Gasteiger partial charge in [0, 0.05) is 22.4 Å². The first-order valence-electron chi connectivity index (χ1n) is 11.5. The zero-order valence-electron chi connectivity index (χ0n) is 20.5. The van der Waals surface area contributed by atoms with Crippen molar-refractivity contribution in [1.82, 2.24) is 10.2 Å². The number of amides is 2. The third kappa shape index (κ3) is 5.46. The number of carbonyl (C=O) groups is 2. The van der Waals surface area contributed by atoms with Crippen molar-refractivity contribution in [2.45, 2.75) is 53.1 Å². The summed E-state index contributed by atoms with van der Waals surface area (Å²) in [6.45, 7) is 9.72. The molecule has 0 fully saturated rings. The Hall–Kier alpha value is -3.03. The van der Waals surface area contributed by atoms with Gasteiger partial charge in [0.2, 0.25) is 5.91 Å². The highest BCUT2D eigenvalue weighted by Crippen LogP contribution is 2.45. The lowest BCUT2D eigenvalue weighted by Crippen LogP contribution is -2.39. The maximum atomic E-state index is 13.7. The van der Waals surface area contributed by atoms with Gasteiger partial charge in [-0.1, -0.05) is 53.2 Å². The van der Waals surface area contributed by atoms with E-state index in [1.54, 1.807) is 0 Å². The van der Waals surface area contributed by atoms with Crippen LogP contribution in [0.1, 0.15) is 49.9 Å². The highest BCUT2D eigenvalue weighted by molar-refractivity contribution is 8.16. The lowest BCUT2D eigenvalue weighted by Gasteiger charge is -2.36. The van der Waals surface area contributed by atoms with Crippen molar-refractivity contribution in [2.24, 2.45) is 4.99 Å². The molecule has 0 saturated heterocycles. The number of aryl methyl sites for hydroxylation is 2. The molecule has 35 heavy (non-hydrogen) atoms. The predicted octanol–water partition coefficient (Wildman–Crippen LogP) is 6.09. The van der Waals surface area contributed by atoms with Crippen LogP contribution >= 0.6 is 23.4 Å². The average Bonchev–Trinajstić information content (AvgIpc) is 3.16. The Kier molecular flexibility index (Phi) is 7.38. The van der Waals surface area contributed by atoms with Crippen LogP contribution in [0.2, 0.25) is 5.02 Å². The highest BCUT2D eigenvalue weighted by atomic mass is 35.5. The number of nitrogens with zero attached hydrogens (tertiary/aromatic N) is 2. The summed E-state index contributed by atoms with van der Waals surface area (Å²) in [5, 5.41) is 9.34. The first-order chi connectivity index (χ1) is 16.6. The first-order valence-corrected chi connectivity index (χ1v) is 12.8. The van der Waals surface area contributed by atoms with Gasteiger partial charge in [0.25, 0.3) is 5.91 Å². The molecule has 2 amide bonds. The Morgan fingerprint density at radius 2 is 1.83 bits per heavy atom. The van der Waals surface area contributed by atoms with E-state index in [0.29, 0.717) is 16.3 Å². The molecule has 0 radical (unpaired) electrons. The fourth-order valence-electron chi connectivity index (χ4n) is 4.30. The minimum Gasteiger partial charge on any atom is -0.354 e. The number of allylic oxidation sites excluding steroid dienone is 1. The van der Waals surface area contributed by atoms with Gasteiger partial charge in [-0.2, -0.15) is 0 Å². The van der Waals surface area contributed by atoms with E-state index in [4.69, 9.17) is 16.6 Å². The van der Waals surface area contributed by atoms with Gasteiger partial charge in [0.15, 0.2) is 5.17 Å². The molecule has 0 unspecified atom stereocenters. The number of anilines is 1. The van der Waals surface area contributed by atoms with Gasteiger partial charge in [-0.15, -0.1) is 0 Å². The van der Waals surface area contributed by atoms with E-state index in [-0.39, 0.29) is 24.3 Å². The highest BCUT2D eigenvalue weighted by Gasteiger charge is 2.40. The molecular weight excluding hydrogens is 480 g/mol. The van der Waals surface area contributed by atoms with Crippen molar-refractivity contribution in [3.8, 4) is 0 Å². The lowest BCUT2D eigenvalue weighted by atomic mass is 9.93. The van der Waals surface area contributed by atoms with Gasteiger partial charge in [-0.05, 0) is 69.4 Å². The molecular formula is C27H29ClN4O2S. The second-order valence-electron chi connectivity index (χ2n) is 9.12. The number of thioether (sulfide) groups is 1. The molecule has 2 aliphatic rings. The molecule has 2 aliphatic heterocycles. The summed E-state index contributed by atoms with van der Waals surface area (Å²) in [6.07, 6.45) is 0.194. The van der Waals surface area contributed by atoms with Gasteiger partial charge in [0.1, 0.15) is 0 Å². The second-order valence-corrected chi connectivity index (χ2v) is 10.4. The Morgan fingerprint density at radius 1 is 1.11 bits per heavy atom. The number of halogens is 1. The molecule has 4 rings (SSSR count). The van der Waals surface area contributed by atoms with Crippen LogP contribution < -0.4 is 10.6 Å². The molecule has 1 atom stereocenters. The summed E-state index contributed by atoms with van der Waals surface area (Å²) < 4.78 is 0. The summed E-state index contributed by atoms with van der Waals surface area (Å²) in [6, 6.07) is 13.0. The minimum atomic E-state index is -0.446. The monoisotopic (exact) mass is 508 g/mol. The van der Waals surface area contributed by atoms with Crippen LogP contribution in [-0.2, 0) is 9.59 Å². The Balaban J connectivity index is 1.73. The summed E-state index contributed by atoms with van der Waals surface area (Å²) >= 11 is 7.64. The van der Waals surface area contributed by atoms with Crippen molar-refractivity contribution in [2.75, 3.05) is 5.32 Å². The molecule has 2 N–H and O–H groups in total. The van der Waals surface area contributed by atoms with E-state index in [1.807, 2.05) is 87.4 Å². The quantitative estimate of drug-likeness (QED) is 0.495. The van der Waals surface area contributed by atoms with Crippen molar-refractivity contribution < 1.29 is 9.59 Å². The molecule has 0 saturated carbocycles. The topological polar surface area (TPSA) is 73.8 Å². The van der Waals surface area contributed by atoms with Crippen molar-refractivity contribution in [3.05, 3.63) is 86.6 Å². The van der Waals surface area contributed by atoms with Crippen LogP contribution in [0, 0.1) is 13.8 Å². The fraction of sp³-hybridized carbons (Fsp3) is 0.296. The van der Waals surface area contributed by atoms with Crippen molar-refractivity contribution >= 4 is 46.0 Å². The number of hydrogen-bond donors (Lipinski definition) is 2. The van der Waals surface area contributed by atoms with Crippen LogP contribution in [0.5, 0.6) is 0 Å². The number of hydrogen-bond acceptors (Lipinski definition) is 5. The normalized spacial score (nSPS) is 17.2. The van der Waals surface area contributed by atoms with Crippen molar-refractivity contribution in [3.63, 3.8) is 0 Å². The molecule has 6 nitrogen and oxygen atoms in total. The summed E-state index contributed by atoms with van der Waals surface area (Å²) in [5.74, 6) is -0.296. The fourth-order valence-corrected chi connectivity index (χ4v) is 5.39. The summed E-state index contributed by atoms with van der Waals surface area (Å²) in [7, 11) is 0. The van der Waals surface area contributed by atoms with E-state index in [2.05, 4.69) is 10.6 Å². The van der Waals surface area contributed by atoms with Crippen LogP contribution in [-0.4, -0.2) is 27.9 Å². The van der Waals surface area contributed by atoms with Crippen LogP contribution in [0.4, 0.5) is 5.69 Å².